The van der Waals surface area contributed by atoms with E-state index in [1.807, 2.05) is 0 Å². The van der Waals surface area contributed by atoms with Gasteiger partial charge < -0.3 is 14.5 Å². The molecule has 114 valence electrons. The average Bonchev–Trinajstić information content (AvgIpc) is 3.08. The van der Waals surface area contributed by atoms with Crippen molar-refractivity contribution < 1.29 is 22.3 Å². The molecule has 1 heterocycles. The van der Waals surface area contributed by atoms with E-state index in [0.717, 1.165) is 13.0 Å². The van der Waals surface area contributed by atoms with Crippen LogP contribution in [0.3, 0.4) is 0 Å². The number of hydrogen-bond donors (Lipinski definition) is 1. The molecule has 0 spiro atoms. The third kappa shape index (κ3) is 6.33. The van der Waals surface area contributed by atoms with Gasteiger partial charge in [0.1, 0.15) is 6.61 Å². The van der Waals surface area contributed by atoms with E-state index in [-0.39, 0.29) is 13.0 Å². The highest BCUT2D eigenvalue weighted by atomic mass is 19.4. The number of rotatable bonds is 9. The van der Waals surface area contributed by atoms with Crippen LogP contribution < -0.4 is 5.32 Å². The second-order valence-corrected chi connectivity index (χ2v) is 4.84. The van der Waals surface area contributed by atoms with Crippen LogP contribution >= 0.6 is 0 Å². The van der Waals surface area contributed by atoms with Crippen LogP contribution in [0.4, 0.5) is 13.2 Å². The van der Waals surface area contributed by atoms with Crippen molar-refractivity contribution in [1.29, 1.82) is 0 Å². The Morgan fingerprint density at radius 3 is 2.55 bits per heavy atom. The Hall–Kier alpha value is -1.15. The minimum absolute atomic E-state index is 0.0790. The molecule has 8 heteroatoms. The predicted molar refractivity (Wildman–Crippen MR) is 64.2 cm³/mol. The van der Waals surface area contributed by atoms with Crippen molar-refractivity contribution in [1.82, 2.24) is 15.5 Å². The highest BCUT2D eigenvalue weighted by Gasteiger charge is 2.27. The molecule has 1 aromatic rings. The molecule has 0 aliphatic heterocycles. The van der Waals surface area contributed by atoms with Crippen molar-refractivity contribution in [3.63, 3.8) is 0 Å². The van der Waals surface area contributed by atoms with Gasteiger partial charge in [-0.3, -0.25) is 0 Å². The largest absolute Gasteiger partial charge is 0.425 e. The van der Waals surface area contributed by atoms with Crippen molar-refractivity contribution in [3.05, 3.63) is 11.8 Å². The van der Waals surface area contributed by atoms with E-state index in [0.29, 0.717) is 24.2 Å². The number of nitrogens with one attached hydrogen (secondary N) is 1. The Kier molecular flexibility index (Phi) is 5.36. The quantitative estimate of drug-likeness (QED) is 0.704. The number of halogens is 3. The van der Waals surface area contributed by atoms with Crippen molar-refractivity contribution in [2.45, 2.75) is 44.3 Å². The fourth-order valence-electron chi connectivity index (χ4n) is 1.67. The van der Waals surface area contributed by atoms with Crippen molar-refractivity contribution in [2.24, 2.45) is 0 Å². The lowest BCUT2D eigenvalue weighted by Gasteiger charge is -2.05. The Labute approximate surface area is 114 Å². The number of aryl methyl sites for hydroxylation is 1. The summed E-state index contributed by atoms with van der Waals surface area (Å²) >= 11 is 0. The van der Waals surface area contributed by atoms with Gasteiger partial charge >= 0.3 is 6.18 Å². The molecule has 2 rings (SSSR count). The molecule has 1 aromatic heterocycles. The summed E-state index contributed by atoms with van der Waals surface area (Å²) in [5.74, 6) is 0.839. The van der Waals surface area contributed by atoms with E-state index in [4.69, 9.17) is 4.42 Å². The lowest BCUT2D eigenvalue weighted by atomic mass is 10.3. The minimum Gasteiger partial charge on any atom is -0.425 e. The molecule has 5 nitrogen and oxygen atoms in total. The second kappa shape index (κ2) is 7.03. The van der Waals surface area contributed by atoms with Crippen LogP contribution in [0.1, 0.15) is 31.0 Å². The zero-order valence-electron chi connectivity index (χ0n) is 11.1. The SMILES string of the molecule is FC(F)(F)COCCc1nnc(CCCNC2CC2)o1. The molecule has 1 N–H and O–H groups in total. The molecule has 20 heavy (non-hydrogen) atoms. The molecule has 0 amide bonds. The fraction of sp³-hybridized carbons (Fsp3) is 0.833. The van der Waals surface area contributed by atoms with Crippen LogP contribution in [-0.4, -0.2) is 42.2 Å². The normalized spacial score (nSPS) is 15.8. The Bertz CT molecular complexity index is 405. The maximum Gasteiger partial charge on any atom is 0.411 e. The van der Waals surface area contributed by atoms with Gasteiger partial charge in [-0.1, -0.05) is 0 Å². The van der Waals surface area contributed by atoms with E-state index in [1.165, 1.54) is 12.8 Å². The van der Waals surface area contributed by atoms with Crippen molar-refractivity contribution in [2.75, 3.05) is 19.8 Å². The second-order valence-electron chi connectivity index (χ2n) is 4.84. The first kappa shape index (κ1) is 15.2. The zero-order valence-corrected chi connectivity index (χ0v) is 11.1. The predicted octanol–water partition coefficient (Wildman–Crippen LogP) is 1.88. The van der Waals surface area contributed by atoms with Gasteiger partial charge in [-0.15, -0.1) is 10.2 Å². The monoisotopic (exact) mass is 293 g/mol. The van der Waals surface area contributed by atoms with Crippen LogP contribution in [0, 0.1) is 0 Å². The zero-order chi connectivity index (χ0) is 14.4. The molecule has 0 atom stereocenters. The van der Waals surface area contributed by atoms with E-state index >= 15 is 0 Å². The first-order chi connectivity index (χ1) is 9.53. The lowest BCUT2D eigenvalue weighted by Crippen LogP contribution is -2.18. The van der Waals surface area contributed by atoms with Gasteiger partial charge in [-0.05, 0) is 25.8 Å². The molecular weight excluding hydrogens is 275 g/mol. The molecule has 0 unspecified atom stereocenters. The standard InChI is InChI=1S/C12H18F3N3O2/c13-12(14,15)8-19-7-5-11-18-17-10(20-11)2-1-6-16-9-3-4-9/h9,16H,1-8H2. The van der Waals surface area contributed by atoms with E-state index in [1.54, 1.807) is 0 Å². The van der Waals surface area contributed by atoms with Gasteiger partial charge in [0.05, 0.1) is 6.61 Å². The van der Waals surface area contributed by atoms with Gasteiger partial charge in [0.25, 0.3) is 0 Å². The van der Waals surface area contributed by atoms with Gasteiger partial charge in [0, 0.05) is 18.9 Å². The first-order valence-electron chi connectivity index (χ1n) is 6.72. The van der Waals surface area contributed by atoms with E-state index in [9.17, 15) is 13.2 Å². The summed E-state index contributed by atoms with van der Waals surface area (Å²) in [6.45, 7) is -0.414. The van der Waals surface area contributed by atoms with Gasteiger partial charge in [0.15, 0.2) is 0 Å². The maximum absolute atomic E-state index is 11.8. The minimum atomic E-state index is -4.30. The smallest absolute Gasteiger partial charge is 0.411 e. The Morgan fingerprint density at radius 2 is 1.90 bits per heavy atom. The van der Waals surface area contributed by atoms with Crippen LogP contribution in [0.2, 0.25) is 0 Å². The fourth-order valence-corrected chi connectivity index (χ4v) is 1.67. The molecule has 0 saturated heterocycles. The number of aromatic nitrogens is 2. The van der Waals surface area contributed by atoms with Crippen LogP contribution in [0.15, 0.2) is 4.42 Å². The van der Waals surface area contributed by atoms with Crippen LogP contribution in [0.5, 0.6) is 0 Å². The molecule has 1 aliphatic carbocycles. The summed E-state index contributed by atoms with van der Waals surface area (Å²) in [4.78, 5) is 0. The molecule has 1 saturated carbocycles. The average molecular weight is 293 g/mol. The summed E-state index contributed by atoms with van der Waals surface area (Å²) in [5, 5.41) is 11.0. The van der Waals surface area contributed by atoms with Crippen LogP contribution in [0.25, 0.3) is 0 Å². The van der Waals surface area contributed by atoms with Crippen molar-refractivity contribution >= 4 is 0 Å². The molecule has 0 bridgehead atoms. The van der Waals surface area contributed by atoms with Gasteiger partial charge in [-0.25, -0.2) is 0 Å². The summed E-state index contributed by atoms with van der Waals surface area (Å²) in [6.07, 6.45) is -0.0118. The number of hydrogen-bond acceptors (Lipinski definition) is 5. The van der Waals surface area contributed by atoms with E-state index in [2.05, 4.69) is 20.3 Å². The molecule has 0 radical (unpaired) electrons. The van der Waals surface area contributed by atoms with Gasteiger partial charge in [-0.2, -0.15) is 13.2 Å². The highest BCUT2D eigenvalue weighted by Crippen LogP contribution is 2.18. The maximum atomic E-state index is 11.8. The first-order valence-corrected chi connectivity index (χ1v) is 6.72. The Balaban J connectivity index is 1.56. The number of nitrogens with zero attached hydrogens (tertiary/aromatic N) is 2. The lowest BCUT2D eigenvalue weighted by molar-refractivity contribution is -0.173. The number of alkyl halides is 3. The molecule has 0 aromatic carbocycles. The molecule has 1 fully saturated rings. The topological polar surface area (TPSA) is 60.2 Å². The molecule has 1 aliphatic rings. The van der Waals surface area contributed by atoms with Crippen LogP contribution in [-0.2, 0) is 17.6 Å². The third-order valence-electron chi connectivity index (χ3n) is 2.81. The molecular formula is C12H18F3N3O2. The summed E-state index contributed by atoms with van der Waals surface area (Å²) in [6, 6.07) is 0.680. The highest BCUT2D eigenvalue weighted by molar-refractivity contribution is 4.84. The summed E-state index contributed by atoms with van der Waals surface area (Å²) in [5.41, 5.74) is 0. The van der Waals surface area contributed by atoms with Gasteiger partial charge in [0.2, 0.25) is 11.8 Å². The Morgan fingerprint density at radius 1 is 1.20 bits per heavy atom. The third-order valence-corrected chi connectivity index (χ3v) is 2.81. The van der Waals surface area contributed by atoms with E-state index < -0.39 is 12.8 Å². The van der Waals surface area contributed by atoms with Crippen molar-refractivity contribution in [3.8, 4) is 0 Å². The summed E-state index contributed by atoms with van der Waals surface area (Å²) in [7, 11) is 0. The summed E-state index contributed by atoms with van der Waals surface area (Å²) < 4.78 is 45.3. The number of ether oxygens (including phenoxy) is 1.